The molecule has 2 aliphatic rings. The zero-order valence-electron chi connectivity index (χ0n) is 18.4. The van der Waals surface area contributed by atoms with Crippen molar-refractivity contribution >= 4 is 23.5 Å². The second-order valence-electron chi connectivity index (χ2n) is 8.12. The van der Waals surface area contributed by atoms with Crippen molar-refractivity contribution in [1.82, 2.24) is 4.90 Å². The van der Waals surface area contributed by atoms with E-state index in [0.29, 0.717) is 35.4 Å². The van der Waals surface area contributed by atoms with Crippen LogP contribution in [0, 0.1) is 5.82 Å². The third-order valence-corrected chi connectivity index (χ3v) is 6.00. The van der Waals surface area contributed by atoms with Crippen molar-refractivity contribution in [1.29, 1.82) is 0 Å². The van der Waals surface area contributed by atoms with Gasteiger partial charge in [-0.15, -0.1) is 0 Å². The van der Waals surface area contributed by atoms with E-state index < -0.39 is 11.7 Å². The minimum atomic E-state index is -0.431. The third kappa shape index (κ3) is 4.98. The fourth-order valence-electron chi connectivity index (χ4n) is 4.18. The zero-order chi connectivity index (χ0) is 23.5. The number of esters is 1. The Balaban J connectivity index is 1.51. The van der Waals surface area contributed by atoms with E-state index in [1.54, 1.807) is 30.1 Å². The largest absolute Gasteiger partial charge is 0.490 e. The van der Waals surface area contributed by atoms with E-state index in [2.05, 4.69) is 5.32 Å². The molecule has 0 spiro atoms. The first-order chi connectivity index (χ1) is 15.9. The number of nitrogens with one attached hydrogen (secondary N) is 1. The van der Waals surface area contributed by atoms with Crippen LogP contribution >= 0.6 is 0 Å². The lowest BCUT2D eigenvalue weighted by molar-refractivity contribution is -0.151. The molecule has 2 heterocycles. The number of benzene rings is 2. The van der Waals surface area contributed by atoms with Crippen molar-refractivity contribution in [2.45, 2.75) is 37.5 Å². The molecule has 33 heavy (non-hydrogen) atoms. The van der Waals surface area contributed by atoms with Crippen molar-refractivity contribution in [2.24, 2.45) is 0 Å². The van der Waals surface area contributed by atoms with Gasteiger partial charge in [-0.3, -0.25) is 14.4 Å². The lowest BCUT2D eigenvalue weighted by Gasteiger charge is -2.42. The second-order valence-corrected chi connectivity index (χ2v) is 8.12. The fraction of sp³-hybridized carbons (Fsp3) is 0.375. The number of likely N-dealkylation sites (N-methyl/N-ethyl adjacent to an activating group) is 1. The Morgan fingerprint density at radius 1 is 1.18 bits per heavy atom. The van der Waals surface area contributed by atoms with Crippen LogP contribution in [0.25, 0.3) is 0 Å². The Bertz CT molecular complexity index is 1060. The molecule has 4 rings (SSSR count). The molecule has 1 fully saturated rings. The molecule has 0 unspecified atom stereocenters. The lowest BCUT2D eigenvalue weighted by Crippen LogP contribution is -2.53. The number of hydrogen-bond acceptors (Lipinski definition) is 6. The molecule has 174 valence electrons. The van der Waals surface area contributed by atoms with Gasteiger partial charge < -0.3 is 24.4 Å². The number of amides is 2. The van der Waals surface area contributed by atoms with Gasteiger partial charge in [0.2, 0.25) is 0 Å². The van der Waals surface area contributed by atoms with Crippen LogP contribution in [0.5, 0.6) is 5.75 Å². The summed E-state index contributed by atoms with van der Waals surface area (Å²) in [5.41, 5.74) is 1.04. The molecule has 0 aliphatic carbocycles. The van der Waals surface area contributed by atoms with Crippen molar-refractivity contribution < 1.29 is 33.0 Å². The number of methoxy groups -OCH3 is 1. The zero-order valence-corrected chi connectivity index (χ0v) is 18.4. The molecule has 0 bridgehead atoms. The summed E-state index contributed by atoms with van der Waals surface area (Å²) < 4.78 is 29.8. The van der Waals surface area contributed by atoms with Crippen LogP contribution in [0.3, 0.4) is 0 Å². The number of halogens is 1. The van der Waals surface area contributed by atoms with Gasteiger partial charge in [-0.2, -0.15) is 0 Å². The van der Waals surface area contributed by atoms with E-state index in [4.69, 9.17) is 14.2 Å². The minimum Gasteiger partial charge on any atom is -0.490 e. The maximum Gasteiger partial charge on any atom is 0.308 e. The molecular formula is C24H25FN2O6. The first-order valence-electron chi connectivity index (χ1n) is 10.7. The maximum absolute atomic E-state index is 13.3. The highest BCUT2D eigenvalue weighted by Gasteiger charge is 2.39. The van der Waals surface area contributed by atoms with Gasteiger partial charge in [-0.1, -0.05) is 0 Å². The number of hydrogen-bond donors (Lipinski definition) is 1. The Labute approximate surface area is 190 Å². The lowest BCUT2D eigenvalue weighted by atomic mass is 9.94. The molecule has 1 N–H and O–H groups in total. The van der Waals surface area contributed by atoms with Crippen molar-refractivity contribution in [2.75, 3.05) is 26.1 Å². The van der Waals surface area contributed by atoms with Gasteiger partial charge >= 0.3 is 5.97 Å². The van der Waals surface area contributed by atoms with E-state index in [1.165, 1.54) is 31.4 Å². The summed E-state index contributed by atoms with van der Waals surface area (Å²) in [5.74, 6) is -1.06. The highest BCUT2D eigenvalue weighted by atomic mass is 19.1. The van der Waals surface area contributed by atoms with Crippen LogP contribution in [-0.4, -0.2) is 61.7 Å². The van der Waals surface area contributed by atoms with Gasteiger partial charge in [-0.05, 0) is 55.3 Å². The van der Waals surface area contributed by atoms with E-state index in [0.717, 1.165) is 0 Å². The highest BCUT2D eigenvalue weighted by Crippen LogP contribution is 2.32. The van der Waals surface area contributed by atoms with E-state index >= 15 is 0 Å². The van der Waals surface area contributed by atoms with Crippen molar-refractivity contribution in [3.05, 3.63) is 59.4 Å². The molecule has 0 aromatic heterocycles. The molecule has 9 heteroatoms. The number of ether oxygens (including phenoxy) is 3. The maximum atomic E-state index is 13.3. The van der Waals surface area contributed by atoms with E-state index in [1.807, 2.05) is 0 Å². The molecule has 8 nitrogen and oxygen atoms in total. The first kappa shape index (κ1) is 22.7. The number of carbonyl (C=O) groups excluding carboxylic acids is 3. The predicted molar refractivity (Wildman–Crippen MR) is 117 cm³/mol. The number of nitrogens with zero attached hydrogens (tertiary/aromatic N) is 1. The Morgan fingerprint density at radius 3 is 2.67 bits per heavy atom. The van der Waals surface area contributed by atoms with Crippen LogP contribution in [0.1, 0.15) is 40.0 Å². The summed E-state index contributed by atoms with van der Waals surface area (Å²) in [6.45, 7) is 0.217. The molecule has 0 saturated carbocycles. The summed E-state index contributed by atoms with van der Waals surface area (Å²) in [5, 5.41) is 2.73. The number of rotatable bonds is 4. The van der Waals surface area contributed by atoms with Crippen molar-refractivity contribution in [3.8, 4) is 5.75 Å². The average Bonchev–Trinajstić information content (AvgIpc) is 2.82. The molecular weight excluding hydrogens is 431 g/mol. The van der Waals surface area contributed by atoms with Crippen molar-refractivity contribution in [3.63, 3.8) is 0 Å². The monoisotopic (exact) mass is 456 g/mol. The van der Waals surface area contributed by atoms with Crippen LogP contribution < -0.4 is 10.1 Å². The van der Waals surface area contributed by atoms with Crippen LogP contribution in [0.4, 0.5) is 10.1 Å². The normalized spacial score (nSPS) is 22.2. The fourth-order valence-corrected chi connectivity index (χ4v) is 4.18. The summed E-state index contributed by atoms with van der Waals surface area (Å²) in [6, 6.07) is 9.80. The molecule has 1 saturated heterocycles. The van der Waals surface area contributed by atoms with Gasteiger partial charge in [0.1, 0.15) is 24.3 Å². The van der Waals surface area contributed by atoms with Gasteiger partial charge in [0.15, 0.2) is 0 Å². The minimum absolute atomic E-state index is 0.158. The number of carbonyl (C=O) groups is 3. The molecule has 3 atom stereocenters. The average molecular weight is 456 g/mol. The molecule has 2 aliphatic heterocycles. The molecule has 0 radical (unpaired) electrons. The highest BCUT2D eigenvalue weighted by molar-refractivity contribution is 6.05. The van der Waals surface area contributed by atoms with E-state index in [-0.39, 0.29) is 43.2 Å². The van der Waals surface area contributed by atoms with E-state index in [9.17, 15) is 18.8 Å². The van der Waals surface area contributed by atoms with Crippen LogP contribution in [0.2, 0.25) is 0 Å². The standard InChI is InChI=1S/C24H25FN2O6/c1-27-19-9-8-17(12-22(28)31-2)33-21(19)13-32-20-10-7-16(11-18(20)24(27)30)26-23(29)14-3-5-15(25)6-4-14/h3-7,10-11,17,19,21H,8-9,12-13H2,1-2H3,(H,26,29)/t17-,19+,21+/m0/s1. The topological polar surface area (TPSA) is 94.2 Å². The van der Waals surface area contributed by atoms with Crippen LogP contribution in [0.15, 0.2) is 42.5 Å². The Morgan fingerprint density at radius 2 is 1.94 bits per heavy atom. The molecule has 2 amide bonds. The molecule has 2 aromatic rings. The number of fused-ring (bicyclic) bond motifs is 2. The van der Waals surface area contributed by atoms with Gasteiger partial charge in [-0.25, -0.2) is 4.39 Å². The molecule has 2 aromatic carbocycles. The summed E-state index contributed by atoms with van der Waals surface area (Å²) in [6.07, 6.45) is 0.774. The Kier molecular flexibility index (Phi) is 6.60. The predicted octanol–water partition coefficient (Wildman–Crippen LogP) is 3.02. The SMILES string of the molecule is COC(=O)C[C@@H]1CC[C@@H]2[C@@H](COc3ccc(NC(=O)c4ccc(F)cc4)cc3C(=O)N2C)O1. The quantitative estimate of drug-likeness (QED) is 0.711. The summed E-state index contributed by atoms with van der Waals surface area (Å²) in [4.78, 5) is 39.0. The third-order valence-electron chi connectivity index (χ3n) is 6.00. The smallest absolute Gasteiger partial charge is 0.308 e. The van der Waals surface area contributed by atoms with Gasteiger partial charge in [0, 0.05) is 18.3 Å². The Hall–Kier alpha value is -3.46. The summed E-state index contributed by atoms with van der Waals surface area (Å²) >= 11 is 0. The second kappa shape index (κ2) is 9.58. The van der Waals surface area contributed by atoms with Gasteiger partial charge in [0.25, 0.3) is 11.8 Å². The summed E-state index contributed by atoms with van der Waals surface area (Å²) in [7, 11) is 3.05. The van der Waals surface area contributed by atoms with Crippen LogP contribution in [-0.2, 0) is 14.3 Å². The number of anilines is 1. The first-order valence-corrected chi connectivity index (χ1v) is 10.7. The van der Waals surface area contributed by atoms with Gasteiger partial charge in [0.05, 0.1) is 31.2 Å².